The number of para-hydroxylation sites is 1. The van der Waals surface area contributed by atoms with Crippen molar-refractivity contribution >= 4 is 10.9 Å². The summed E-state index contributed by atoms with van der Waals surface area (Å²) >= 11 is 0. The molecule has 116 valence electrons. The lowest BCUT2D eigenvalue weighted by atomic mass is 10.0. The summed E-state index contributed by atoms with van der Waals surface area (Å²) in [4.78, 5) is 26.2. The Labute approximate surface area is 134 Å². The summed E-state index contributed by atoms with van der Waals surface area (Å²) in [7, 11) is 0. The highest BCUT2D eigenvalue weighted by Gasteiger charge is 2.21. The molecule has 1 N–H and O–H groups in total. The molecule has 3 heterocycles. The number of aromatic amines is 1. The van der Waals surface area contributed by atoms with E-state index in [2.05, 4.69) is 32.0 Å². The van der Waals surface area contributed by atoms with Gasteiger partial charge in [-0.15, -0.1) is 0 Å². The summed E-state index contributed by atoms with van der Waals surface area (Å²) < 4.78 is 0. The Morgan fingerprint density at radius 3 is 3.04 bits per heavy atom. The molecule has 0 saturated heterocycles. The molecule has 1 aliphatic rings. The minimum atomic E-state index is -0.00298. The zero-order chi connectivity index (χ0) is 15.8. The fourth-order valence-corrected chi connectivity index (χ4v) is 3.27. The van der Waals surface area contributed by atoms with Gasteiger partial charge in [0, 0.05) is 37.6 Å². The number of nitrogens with zero attached hydrogens (tertiary/aromatic N) is 3. The van der Waals surface area contributed by atoms with Gasteiger partial charge in [-0.1, -0.05) is 18.2 Å². The molecular weight excluding hydrogens is 288 g/mol. The second-order valence-electron chi connectivity index (χ2n) is 6.02. The Balaban J connectivity index is 1.64. The molecule has 0 radical (unpaired) electrons. The van der Waals surface area contributed by atoms with Crippen LogP contribution >= 0.6 is 0 Å². The molecule has 0 spiro atoms. The van der Waals surface area contributed by atoms with Crippen molar-refractivity contribution in [3.05, 3.63) is 69.5 Å². The second kappa shape index (κ2) is 5.59. The van der Waals surface area contributed by atoms with Crippen molar-refractivity contribution in [1.82, 2.24) is 19.9 Å². The van der Waals surface area contributed by atoms with E-state index in [9.17, 15) is 4.79 Å². The van der Waals surface area contributed by atoms with Crippen molar-refractivity contribution in [3.8, 4) is 0 Å². The van der Waals surface area contributed by atoms with Crippen LogP contribution in [0.2, 0.25) is 0 Å². The third-order valence-electron chi connectivity index (χ3n) is 4.40. The first-order chi connectivity index (χ1) is 11.2. The SMILES string of the molecule is Cc1nc2c(c(=O)[nH]1)CN(Cc1ccnc3ccccc13)CC2. The van der Waals surface area contributed by atoms with Crippen LogP contribution in [0.15, 0.2) is 41.3 Å². The topological polar surface area (TPSA) is 61.9 Å². The monoisotopic (exact) mass is 306 g/mol. The van der Waals surface area contributed by atoms with Gasteiger partial charge in [0.25, 0.3) is 5.56 Å². The molecule has 0 saturated carbocycles. The summed E-state index contributed by atoms with van der Waals surface area (Å²) in [5, 5.41) is 1.18. The molecule has 5 nitrogen and oxygen atoms in total. The molecule has 0 bridgehead atoms. The number of aryl methyl sites for hydroxylation is 1. The Morgan fingerprint density at radius 2 is 2.13 bits per heavy atom. The lowest BCUT2D eigenvalue weighted by molar-refractivity contribution is 0.242. The molecule has 5 heteroatoms. The van der Waals surface area contributed by atoms with Gasteiger partial charge in [0.15, 0.2) is 0 Å². The van der Waals surface area contributed by atoms with E-state index in [0.29, 0.717) is 12.4 Å². The number of benzene rings is 1. The predicted molar refractivity (Wildman–Crippen MR) is 89.2 cm³/mol. The maximum absolute atomic E-state index is 12.2. The molecule has 23 heavy (non-hydrogen) atoms. The van der Waals surface area contributed by atoms with Crippen LogP contribution in [-0.4, -0.2) is 26.4 Å². The average molecular weight is 306 g/mol. The number of fused-ring (bicyclic) bond motifs is 2. The third-order valence-corrected chi connectivity index (χ3v) is 4.40. The number of nitrogens with one attached hydrogen (secondary N) is 1. The minimum Gasteiger partial charge on any atom is -0.310 e. The van der Waals surface area contributed by atoms with Gasteiger partial charge in [0.2, 0.25) is 0 Å². The smallest absolute Gasteiger partial charge is 0.255 e. The highest BCUT2D eigenvalue weighted by molar-refractivity contribution is 5.81. The van der Waals surface area contributed by atoms with E-state index in [-0.39, 0.29) is 5.56 Å². The number of H-pyrrole nitrogens is 1. The van der Waals surface area contributed by atoms with Crippen LogP contribution in [0.5, 0.6) is 0 Å². The van der Waals surface area contributed by atoms with Gasteiger partial charge in [0.1, 0.15) is 5.82 Å². The van der Waals surface area contributed by atoms with Crippen LogP contribution < -0.4 is 5.56 Å². The van der Waals surface area contributed by atoms with Gasteiger partial charge in [0.05, 0.1) is 16.8 Å². The molecule has 3 aromatic rings. The van der Waals surface area contributed by atoms with E-state index < -0.39 is 0 Å². The van der Waals surface area contributed by atoms with E-state index in [1.54, 1.807) is 0 Å². The van der Waals surface area contributed by atoms with Crippen LogP contribution in [0.4, 0.5) is 0 Å². The van der Waals surface area contributed by atoms with Crippen LogP contribution in [0, 0.1) is 6.92 Å². The largest absolute Gasteiger partial charge is 0.310 e. The summed E-state index contributed by atoms with van der Waals surface area (Å²) in [6.45, 7) is 4.21. The maximum Gasteiger partial charge on any atom is 0.255 e. The highest BCUT2D eigenvalue weighted by Crippen LogP contribution is 2.21. The quantitative estimate of drug-likeness (QED) is 0.788. The number of pyridine rings is 1. The van der Waals surface area contributed by atoms with Gasteiger partial charge in [-0.2, -0.15) is 0 Å². The molecular formula is C18H18N4O. The van der Waals surface area contributed by atoms with Crippen LogP contribution in [0.25, 0.3) is 10.9 Å². The van der Waals surface area contributed by atoms with Crippen LogP contribution in [-0.2, 0) is 19.5 Å². The Kier molecular flexibility index (Phi) is 3.42. The lowest BCUT2D eigenvalue weighted by Gasteiger charge is -2.28. The van der Waals surface area contributed by atoms with E-state index in [1.807, 2.05) is 31.3 Å². The molecule has 1 aromatic carbocycles. The van der Waals surface area contributed by atoms with Gasteiger partial charge in [-0.05, 0) is 24.6 Å². The predicted octanol–water partition coefficient (Wildman–Crippen LogP) is 2.18. The number of rotatable bonds is 2. The fourth-order valence-electron chi connectivity index (χ4n) is 3.27. The molecule has 2 aromatic heterocycles. The summed E-state index contributed by atoms with van der Waals surface area (Å²) in [5.41, 5.74) is 4.01. The molecule has 0 atom stereocenters. The van der Waals surface area contributed by atoms with Gasteiger partial charge >= 0.3 is 0 Å². The zero-order valence-electron chi connectivity index (χ0n) is 13.0. The van der Waals surface area contributed by atoms with Crippen LogP contribution in [0.3, 0.4) is 0 Å². The van der Waals surface area contributed by atoms with Crippen LogP contribution in [0.1, 0.15) is 22.6 Å². The molecule has 4 rings (SSSR count). The standard InChI is InChI=1S/C18H18N4O/c1-12-20-17-7-9-22(11-15(17)18(23)21-12)10-13-6-8-19-16-5-3-2-4-14(13)16/h2-6,8H,7,9-11H2,1H3,(H,20,21,23). The first-order valence-electron chi connectivity index (χ1n) is 7.84. The molecule has 0 fully saturated rings. The normalized spacial score (nSPS) is 14.8. The van der Waals surface area contributed by atoms with Crippen molar-refractivity contribution in [2.45, 2.75) is 26.4 Å². The van der Waals surface area contributed by atoms with Crippen molar-refractivity contribution in [2.24, 2.45) is 0 Å². The van der Waals surface area contributed by atoms with Crippen molar-refractivity contribution in [2.75, 3.05) is 6.54 Å². The van der Waals surface area contributed by atoms with E-state index in [4.69, 9.17) is 0 Å². The summed E-state index contributed by atoms with van der Waals surface area (Å²) in [6.07, 6.45) is 2.68. The number of aromatic nitrogens is 3. The summed E-state index contributed by atoms with van der Waals surface area (Å²) in [6, 6.07) is 10.2. The summed E-state index contributed by atoms with van der Waals surface area (Å²) in [5.74, 6) is 0.697. The van der Waals surface area contributed by atoms with Gasteiger partial charge < -0.3 is 4.98 Å². The van der Waals surface area contributed by atoms with E-state index in [0.717, 1.165) is 36.3 Å². The first-order valence-corrected chi connectivity index (χ1v) is 7.84. The Morgan fingerprint density at radius 1 is 1.26 bits per heavy atom. The highest BCUT2D eigenvalue weighted by atomic mass is 16.1. The average Bonchev–Trinajstić information content (AvgIpc) is 2.56. The van der Waals surface area contributed by atoms with Gasteiger partial charge in [-0.3, -0.25) is 14.7 Å². The first kappa shape index (κ1) is 14.1. The van der Waals surface area contributed by atoms with Crippen molar-refractivity contribution in [1.29, 1.82) is 0 Å². The van der Waals surface area contributed by atoms with Crippen molar-refractivity contribution < 1.29 is 0 Å². The Bertz CT molecular complexity index is 926. The lowest BCUT2D eigenvalue weighted by Crippen LogP contribution is -2.35. The second-order valence-corrected chi connectivity index (χ2v) is 6.02. The number of hydrogen-bond donors (Lipinski definition) is 1. The zero-order valence-corrected chi connectivity index (χ0v) is 13.0. The number of hydrogen-bond acceptors (Lipinski definition) is 4. The minimum absolute atomic E-state index is 0.00298. The van der Waals surface area contributed by atoms with E-state index >= 15 is 0 Å². The maximum atomic E-state index is 12.2. The molecule has 0 amide bonds. The van der Waals surface area contributed by atoms with Gasteiger partial charge in [-0.25, -0.2) is 4.98 Å². The van der Waals surface area contributed by atoms with E-state index in [1.165, 1.54) is 10.9 Å². The molecule has 0 aliphatic carbocycles. The Hall–Kier alpha value is -2.53. The third kappa shape index (κ3) is 2.64. The molecule has 1 aliphatic heterocycles. The van der Waals surface area contributed by atoms with Crippen molar-refractivity contribution in [3.63, 3.8) is 0 Å². The fraction of sp³-hybridized carbons (Fsp3) is 0.278. The molecule has 0 unspecified atom stereocenters.